The van der Waals surface area contributed by atoms with E-state index >= 15 is 0 Å². The first-order valence-electron chi connectivity index (χ1n) is 4.48. The molecule has 0 amide bonds. The molecule has 2 rings (SSSR count). The topological polar surface area (TPSA) is 12.4 Å². The highest BCUT2D eigenvalue weighted by molar-refractivity contribution is 6.11. The average Bonchev–Trinajstić information content (AvgIpc) is 2.38. The van der Waals surface area contributed by atoms with Crippen LogP contribution >= 0.6 is 0 Å². The quantitative estimate of drug-likeness (QED) is 0.582. The molecular formula is C11H8F3N. The minimum atomic E-state index is -4.32. The molecule has 0 bridgehead atoms. The van der Waals surface area contributed by atoms with Gasteiger partial charge in [0.25, 0.3) is 0 Å². The van der Waals surface area contributed by atoms with Gasteiger partial charge in [0.1, 0.15) is 0 Å². The van der Waals surface area contributed by atoms with Gasteiger partial charge in [-0.2, -0.15) is 13.2 Å². The summed E-state index contributed by atoms with van der Waals surface area (Å²) in [6, 6.07) is 0. The molecule has 0 radical (unpaired) electrons. The molecule has 4 heteroatoms. The highest BCUT2D eigenvalue weighted by Gasteiger charge is 2.32. The van der Waals surface area contributed by atoms with Crippen molar-refractivity contribution in [3.8, 4) is 0 Å². The SMILES string of the molecule is FC(F)(F)C1=CC2=CCC=CC2=NC=C1. The lowest BCUT2D eigenvalue weighted by Gasteiger charge is -2.09. The minimum absolute atomic E-state index is 0.537. The monoisotopic (exact) mass is 211 g/mol. The number of rotatable bonds is 0. The number of halogens is 3. The standard InChI is InChI=1S/C11H8F3N/c12-11(13,14)9-5-6-15-10-4-2-1-3-8(10)7-9/h2-7H,1H2. The number of alkyl halides is 3. The molecule has 0 aromatic heterocycles. The Morgan fingerprint density at radius 2 is 2.00 bits per heavy atom. The van der Waals surface area contributed by atoms with Crippen LogP contribution in [0.15, 0.2) is 52.7 Å². The highest BCUT2D eigenvalue weighted by atomic mass is 19.4. The number of hydrogen-bond acceptors (Lipinski definition) is 1. The molecule has 1 nitrogen and oxygen atoms in total. The third-order valence-corrected chi connectivity index (χ3v) is 2.15. The zero-order valence-corrected chi connectivity index (χ0v) is 7.75. The molecule has 0 N–H and O–H groups in total. The van der Waals surface area contributed by atoms with Crippen molar-refractivity contribution in [2.75, 3.05) is 0 Å². The summed E-state index contributed by atoms with van der Waals surface area (Å²) in [6.07, 6.45) is 4.96. The van der Waals surface area contributed by atoms with Crippen LogP contribution in [0.2, 0.25) is 0 Å². The molecule has 1 aliphatic heterocycles. The highest BCUT2D eigenvalue weighted by Crippen LogP contribution is 2.29. The van der Waals surface area contributed by atoms with Crippen LogP contribution in [0, 0.1) is 0 Å². The van der Waals surface area contributed by atoms with E-state index in [1.54, 1.807) is 12.2 Å². The third-order valence-electron chi connectivity index (χ3n) is 2.15. The zero-order valence-electron chi connectivity index (χ0n) is 7.75. The maximum Gasteiger partial charge on any atom is 0.416 e. The predicted octanol–water partition coefficient (Wildman–Crippen LogP) is 3.33. The Labute approximate surface area is 85.0 Å². The zero-order chi connectivity index (χ0) is 10.9. The lowest BCUT2D eigenvalue weighted by Crippen LogP contribution is -2.10. The van der Waals surface area contributed by atoms with Gasteiger partial charge in [-0.25, -0.2) is 0 Å². The summed E-state index contributed by atoms with van der Waals surface area (Å²) in [4.78, 5) is 3.94. The van der Waals surface area contributed by atoms with E-state index in [1.165, 1.54) is 6.20 Å². The van der Waals surface area contributed by atoms with Crippen LogP contribution in [0.4, 0.5) is 13.2 Å². The van der Waals surface area contributed by atoms with Crippen LogP contribution in [-0.2, 0) is 0 Å². The maximum atomic E-state index is 12.5. The van der Waals surface area contributed by atoms with Crippen molar-refractivity contribution in [3.05, 3.63) is 47.7 Å². The smallest absolute Gasteiger partial charge is 0.256 e. The Kier molecular flexibility index (Phi) is 2.34. The second-order valence-corrected chi connectivity index (χ2v) is 3.23. The van der Waals surface area contributed by atoms with Crippen molar-refractivity contribution in [1.82, 2.24) is 0 Å². The molecule has 0 spiro atoms. The third kappa shape index (κ3) is 2.09. The molecule has 0 saturated carbocycles. The summed E-state index contributed by atoms with van der Waals surface area (Å²) in [7, 11) is 0. The van der Waals surface area contributed by atoms with Crippen molar-refractivity contribution in [2.24, 2.45) is 4.99 Å². The molecule has 0 atom stereocenters. The average molecular weight is 211 g/mol. The number of allylic oxidation sites excluding steroid dienone is 7. The van der Waals surface area contributed by atoms with Crippen LogP contribution < -0.4 is 0 Å². The van der Waals surface area contributed by atoms with Crippen molar-refractivity contribution < 1.29 is 13.2 Å². The first-order chi connectivity index (χ1) is 7.07. The van der Waals surface area contributed by atoms with Gasteiger partial charge >= 0.3 is 6.18 Å². The molecule has 78 valence electrons. The molecule has 1 heterocycles. The normalized spacial score (nSPS) is 20.1. The molecule has 15 heavy (non-hydrogen) atoms. The Balaban J connectivity index is 2.41. The summed E-state index contributed by atoms with van der Waals surface area (Å²) in [5.41, 5.74) is 0.453. The lowest BCUT2D eigenvalue weighted by molar-refractivity contribution is -0.0882. The van der Waals surface area contributed by atoms with Gasteiger partial charge in [-0.15, -0.1) is 0 Å². The van der Waals surface area contributed by atoms with E-state index in [9.17, 15) is 13.2 Å². The Morgan fingerprint density at radius 3 is 2.73 bits per heavy atom. The van der Waals surface area contributed by atoms with Crippen LogP contribution in [-0.4, -0.2) is 11.9 Å². The van der Waals surface area contributed by atoms with E-state index in [-0.39, 0.29) is 0 Å². The van der Waals surface area contributed by atoms with Gasteiger partial charge in [0, 0.05) is 6.20 Å². The molecule has 1 aliphatic carbocycles. The number of nitrogens with zero attached hydrogens (tertiary/aromatic N) is 1. The van der Waals surface area contributed by atoms with Gasteiger partial charge in [0.15, 0.2) is 0 Å². The largest absolute Gasteiger partial charge is 0.416 e. The fraction of sp³-hybridized carbons (Fsp3) is 0.182. The van der Waals surface area contributed by atoms with Crippen molar-refractivity contribution >= 4 is 5.71 Å². The fourth-order valence-corrected chi connectivity index (χ4v) is 1.42. The van der Waals surface area contributed by atoms with Crippen LogP contribution in [0.5, 0.6) is 0 Å². The van der Waals surface area contributed by atoms with Gasteiger partial charge in [-0.05, 0) is 30.2 Å². The van der Waals surface area contributed by atoms with Gasteiger partial charge in [-0.1, -0.05) is 12.2 Å². The van der Waals surface area contributed by atoms with E-state index < -0.39 is 11.7 Å². The molecule has 2 aliphatic rings. The predicted molar refractivity (Wildman–Crippen MR) is 52.6 cm³/mol. The van der Waals surface area contributed by atoms with Crippen molar-refractivity contribution in [2.45, 2.75) is 12.6 Å². The first kappa shape index (κ1) is 9.96. The van der Waals surface area contributed by atoms with Crippen LogP contribution in [0.25, 0.3) is 0 Å². The second kappa shape index (κ2) is 3.53. The molecule has 0 aromatic carbocycles. The summed E-state index contributed by atoms with van der Waals surface area (Å²) in [5.74, 6) is 0. The van der Waals surface area contributed by atoms with E-state index in [1.807, 2.05) is 6.08 Å². The van der Waals surface area contributed by atoms with Gasteiger partial charge < -0.3 is 0 Å². The Morgan fingerprint density at radius 1 is 1.20 bits per heavy atom. The maximum absolute atomic E-state index is 12.5. The Hall–Kier alpha value is -1.58. The van der Waals surface area contributed by atoms with E-state index in [4.69, 9.17) is 0 Å². The summed E-state index contributed by atoms with van der Waals surface area (Å²) < 4.78 is 37.4. The van der Waals surface area contributed by atoms with Crippen molar-refractivity contribution in [3.63, 3.8) is 0 Å². The Bertz CT molecular complexity index is 420. The van der Waals surface area contributed by atoms with Crippen molar-refractivity contribution in [1.29, 1.82) is 0 Å². The number of fused-ring (bicyclic) bond motifs is 1. The summed E-state index contributed by atoms with van der Waals surface area (Å²) >= 11 is 0. The molecule has 0 saturated heterocycles. The molecule has 0 fully saturated rings. The first-order valence-corrected chi connectivity index (χ1v) is 4.48. The minimum Gasteiger partial charge on any atom is -0.256 e. The van der Waals surface area contributed by atoms with Crippen LogP contribution in [0.3, 0.4) is 0 Å². The summed E-state index contributed by atoms with van der Waals surface area (Å²) in [5, 5.41) is 0. The number of hydrogen-bond donors (Lipinski definition) is 0. The number of aliphatic imine (C=N–C) groups is 1. The van der Waals surface area contributed by atoms with Crippen LogP contribution in [0.1, 0.15) is 6.42 Å². The van der Waals surface area contributed by atoms with E-state index in [0.29, 0.717) is 17.7 Å². The van der Waals surface area contributed by atoms with Gasteiger partial charge in [0.05, 0.1) is 11.3 Å². The van der Waals surface area contributed by atoms with Gasteiger partial charge in [-0.3, -0.25) is 4.99 Å². The van der Waals surface area contributed by atoms with Gasteiger partial charge in [0.2, 0.25) is 0 Å². The molecule has 0 aromatic rings. The second-order valence-electron chi connectivity index (χ2n) is 3.23. The fourth-order valence-electron chi connectivity index (χ4n) is 1.42. The summed E-state index contributed by atoms with van der Waals surface area (Å²) in [6.45, 7) is 0. The van der Waals surface area contributed by atoms with E-state index in [0.717, 1.165) is 12.2 Å². The van der Waals surface area contributed by atoms with E-state index in [2.05, 4.69) is 4.99 Å². The molecular weight excluding hydrogens is 203 g/mol. The lowest BCUT2D eigenvalue weighted by atomic mass is 10.0. The molecule has 0 unspecified atom stereocenters.